The number of nitrogens with zero attached hydrogens (tertiary/aromatic N) is 1. The van der Waals surface area contributed by atoms with Crippen LogP contribution in [0, 0.1) is 6.92 Å². The number of hydrogen-bond acceptors (Lipinski definition) is 3. The van der Waals surface area contributed by atoms with E-state index in [4.69, 9.17) is 4.84 Å². The van der Waals surface area contributed by atoms with Crippen LogP contribution in [0.2, 0.25) is 0 Å². The van der Waals surface area contributed by atoms with Crippen molar-refractivity contribution in [3.05, 3.63) is 31.0 Å². The first-order chi connectivity index (χ1) is 6.43. The van der Waals surface area contributed by atoms with Crippen molar-refractivity contribution in [3.8, 4) is 0 Å². The van der Waals surface area contributed by atoms with Gasteiger partial charge < -0.3 is 9.82 Å². The maximum atomic E-state index is 11.5. The number of halogens is 1. The van der Waals surface area contributed by atoms with Gasteiger partial charge in [0.25, 0.3) is 0 Å². The molecule has 78 valence electrons. The largest absolute Gasteiger partial charge is 0.403 e. The number of aromatic nitrogens is 2. The van der Waals surface area contributed by atoms with Crippen LogP contribution in [0.3, 0.4) is 0 Å². The molecular weight excluding hydrogens is 252 g/mol. The fourth-order valence-electron chi connectivity index (χ4n) is 0.914. The lowest BCUT2D eigenvalue weighted by atomic mass is 10.4. The zero-order chi connectivity index (χ0) is 10.9. The Labute approximate surface area is 88.8 Å². The predicted octanol–water partition coefficient (Wildman–Crippen LogP) is 0.445. The summed E-state index contributed by atoms with van der Waals surface area (Å²) >= 11 is 3.07. The summed E-state index contributed by atoms with van der Waals surface area (Å²) in [5.41, 5.74) is -0.562. The number of H-pyrrole nitrogens is 1. The van der Waals surface area contributed by atoms with Gasteiger partial charge >= 0.3 is 11.2 Å². The van der Waals surface area contributed by atoms with Crippen LogP contribution in [-0.4, -0.2) is 15.8 Å². The molecule has 0 radical (unpaired) electrons. The third-order valence-corrected chi connectivity index (χ3v) is 2.43. The van der Waals surface area contributed by atoms with Gasteiger partial charge in [-0.25, -0.2) is 4.79 Å². The molecule has 5 nitrogen and oxygen atoms in total. The maximum absolute atomic E-state index is 11.5. The molecule has 0 aromatic carbocycles. The predicted molar refractivity (Wildman–Crippen MR) is 55.5 cm³/mol. The first-order valence-electron chi connectivity index (χ1n) is 4.12. The van der Waals surface area contributed by atoms with E-state index >= 15 is 0 Å². The molecule has 1 N–H and O–H groups in total. The van der Waals surface area contributed by atoms with E-state index in [2.05, 4.69) is 20.9 Å². The summed E-state index contributed by atoms with van der Waals surface area (Å²) in [6.07, 6.45) is -0.233. The summed E-state index contributed by atoms with van der Waals surface area (Å²) < 4.78 is 1.01. The summed E-state index contributed by atoms with van der Waals surface area (Å²) in [6, 6.07) is 0. The van der Waals surface area contributed by atoms with Crippen molar-refractivity contribution in [2.24, 2.45) is 0 Å². The normalized spacial score (nSPS) is 10.6. The molecule has 1 rings (SSSR count). The minimum Gasteiger partial charge on any atom is -0.403 e. The van der Waals surface area contributed by atoms with Gasteiger partial charge in [-0.1, -0.05) is 4.73 Å². The van der Waals surface area contributed by atoms with E-state index in [0.717, 1.165) is 0 Å². The molecule has 0 amide bonds. The van der Waals surface area contributed by atoms with Crippen molar-refractivity contribution in [2.45, 2.75) is 26.9 Å². The van der Waals surface area contributed by atoms with Crippen LogP contribution >= 0.6 is 15.9 Å². The standard InChI is InChI=1S/C8H11BrN2O3/c1-4(2)14-11-7(12)6(9)5(3)10-8(11)13/h4H,1-3H3,(H,10,13). The SMILES string of the molecule is Cc1[nH]c(=O)n(OC(C)C)c(=O)c1Br. The number of aryl methyl sites for hydroxylation is 1. The molecule has 14 heavy (non-hydrogen) atoms. The van der Waals surface area contributed by atoms with Crippen molar-refractivity contribution in [1.82, 2.24) is 9.71 Å². The van der Waals surface area contributed by atoms with Crippen molar-refractivity contribution in [1.29, 1.82) is 0 Å². The summed E-state index contributed by atoms with van der Waals surface area (Å²) in [5.74, 6) is 0. The highest BCUT2D eigenvalue weighted by molar-refractivity contribution is 9.10. The zero-order valence-electron chi connectivity index (χ0n) is 8.13. The summed E-state index contributed by atoms with van der Waals surface area (Å²) in [4.78, 5) is 30.4. The molecule has 0 aliphatic rings. The van der Waals surface area contributed by atoms with Gasteiger partial charge in [0.15, 0.2) is 0 Å². The number of rotatable bonds is 2. The Morgan fingerprint density at radius 3 is 2.50 bits per heavy atom. The van der Waals surface area contributed by atoms with Crippen LogP contribution in [0.25, 0.3) is 0 Å². The quantitative estimate of drug-likeness (QED) is 0.842. The molecule has 0 saturated heterocycles. The third-order valence-electron chi connectivity index (χ3n) is 1.50. The van der Waals surface area contributed by atoms with E-state index in [1.54, 1.807) is 20.8 Å². The molecule has 0 atom stereocenters. The maximum Gasteiger partial charge on any atom is 0.362 e. The van der Waals surface area contributed by atoms with Gasteiger partial charge in [0.2, 0.25) is 0 Å². The highest BCUT2D eigenvalue weighted by atomic mass is 79.9. The average molecular weight is 263 g/mol. The van der Waals surface area contributed by atoms with Crippen LogP contribution in [0.5, 0.6) is 0 Å². The summed E-state index contributed by atoms with van der Waals surface area (Å²) in [7, 11) is 0. The first kappa shape index (κ1) is 11.0. The second-order valence-corrected chi connectivity index (χ2v) is 3.92. The Morgan fingerprint density at radius 1 is 1.43 bits per heavy atom. The average Bonchev–Trinajstić information content (AvgIpc) is 2.09. The Balaban J connectivity index is 3.38. The van der Waals surface area contributed by atoms with Gasteiger partial charge in [0, 0.05) is 5.69 Å². The molecule has 1 aromatic heterocycles. The van der Waals surface area contributed by atoms with Gasteiger partial charge in [-0.3, -0.25) is 4.79 Å². The molecule has 0 aliphatic heterocycles. The molecule has 1 aromatic rings. The van der Waals surface area contributed by atoms with Crippen LogP contribution in [0.4, 0.5) is 0 Å². The second-order valence-electron chi connectivity index (χ2n) is 3.12. The number of nitrogens with one attached hydrogen (secondary N) is 1. The fraction of sp³-hybridized carbons (Fsp3) is 0.500. The van der Waals surface area contributed by atoms with Gasteiger partial charge in [0.05, 0.1) is 0 Å². The zero-order valence-corrected chi connectivity index (χ0v) is 9.71. The lowest BCUT2D eigenvalue weighted by molar-refractivity contribution is 0.0433. The van der Waals surface area contributed by atoms with Gasteiger partial charge in [-0.2, -0.15) is 0 Å². The van der Waals surface area contributed by atoms with Crippen LogP contribution in [-0.2, 0) is 0 Å². The van der Waals surface area contributed by atoms with Crippen molar-refractivity contribution in [2.75, 3.05) is 0 Å². The third kappa shape index (κ3) is 2.06. The van der Waals surface area contributed by atoms with Crippen LogP contribution < -0.4 is 16.1 Å². The van der Waals surface area contributed by atoms with E-state index < -0.39 is 11.2 Å². The van der Waals surface area contributed by atoms with Gasteiger partial charge in [-0.05, 0) is 36.7 Å². The first-order valence-corrected chi connectivity index (χ1v) is 4.91. The highest BCUT2D eigenvalue weighted by Gasteiger charge is 2.10. The van der Waals surface area contributed by atoms with Gasteiger partial charge in [-0.15, -0.1) is 0 Å². The number of aromatic amines is 1. The molecular formula is C8H11BrN2O3. The summed E-state index contributed by atoms with van der Waals surface area (Å²) in [6.45, 7) is 5.10. The van der Waals surface area contributed by atoms with E-state index in [9.17, 15) is 9.59 Å². The lowest BCUT2D eigenvalue weighted by Crippen LogP contribution is -2.42. The van der Waals surface area contributed by atoms with E-state index in [1.165, 1.54) is 0 Å². The minimum absolute atomic E-state index is 0.233. The molecule has 0 fully saturated rings. The van der Waals surface area contributed by atoms with E-state index in [0.29, 0.717) is 14.9 Å². The van der Waals surface area contributed by atoms with Crippen LogP contribution in [0.15, 0.2) is 14.1 Å². The van der Waals surface area contributed by atoms with Gasteiger partial charge in [0.1, 0.15) is 10.6 Å². The van der Waals surface area contributed by atoms with E-state index in [-0.39, 0.29) is 6.10 Å². The molecule has 6 heteroatoms. The Morgan fingerprint density at radius 2 is 2.00 bits per heavy atom. The Hall–Kier alpha value is -1.04. The smallest absolute Gasteiger partial charge is 0.362 e. The Bertz CT molecular complexity index is 447. The van der Waals surface area contributed by atoms with Crippen molar-refractivity contribution < 1.29 is 4.84 Å². The molecule has 0 spiro atoms. The summed E-state index contributed by atoms with van der Waals surface area (Å²) in [5, 5.41) is 0. The van der Waals surface area contributed by atoms with Crippen molar-refractivity contribution in [3.63, 3.8) is 0 Å². The molecule has 1 heterocycles. The molecule has 0 saturated carbocycles. The Kier molecular flexibility index (Phi) is 3.15. The highest BCUT2D eigenvalue weighted by Crippen LogP contribution is 2.03. The molecule has 0 aliphatic carbocycles. The minimum atomic E-state index is -0.565. The second kappa shape index (κ2) is 4.00. The monoisotopic (exact) mass is 262 g/mol. The van der Waals surface area contributed by atoms with E-state index in [1.807, 2.05) is 0 Å². The topological polar surface area (TPSA) is 64.1 Å². The fourth-order valence-corrected chi connectivity index (χ4v) is 1.17. The number of hydrogen-bond donors (Lipinski definition) is 1. The van der Waals surface area contributed by atoms with Crippen molar-refractivity contribution >= 4 is 15.9 Å². The molecule has 0 unspecified atom stereocenters. The lowest BCUT2D eigenvalue weighted by Gasteiger charge is -2.10. The van der Waals surface area contributed by atoms with Crippen LogP contribution in [0.1, 0.15) is 19.5 Å². The molecule has 0 bridgehead atoms.